The first-order valence-corrected chi connectivity index (χ1v) is 4.43. The third-order valence-electron chi connectivity index (χ3n) is 2.81. The second-order valence-corrected chi connectivity index (χ2v) is 3.62. The molecular weight excluding hydrogens is 156 g/mol. The number of aliphatic hydroxyl groups is 1. The fourth-order valence-corrected chi connectivity index (χ4v) is 1.85. The monoisotopic (exact) mass is 174 g/mol. The van der Waals surface area contributed by atoms with Crippen molar-refractivity contribution < 1.29 is 14.6 Å². The van der Waals surface area contributed by atoms with Gasteiger partial charge in [0.2, 0.25) is 0 Å². The van der Waals surface area contributed by atoms with E-state index in [-0.39, 0.29) is 0 Å². The molecule has 0 bridgehead atoms. The summed E-state index contributed by atoms with van der Waals surface area (Å²) in [6.07, 6.45) is 2.11. The molecule has 1 N–H and O–H groups in total. The highest BCUT2D eigenvalue weighted by Crippen LogP contribution is 2.34. The summed E-state index contributed by atoms with van der Waals surface area (Å²) in [4.78, 5) is 0. The van der Waals surface area contributed by atoms with Crippen LogP contribution in [0.3, 0.4) is 0 Å². The van der Waals surface area contributed by atoms with Gasteiger partial charge in [0.1, 0.15) is 6.10 Å². The Bertz CT molecular complexity index is 143. The number of hydrogen-bond acceptors (Lipinski definition) is 3. The molecule has 0 heterocycles. The van der Waals surface area contributed by atoms with Crippen LogP contribution in [0.1, 0.15) is 26.2 Å². The SMILES string of the molecule is COC1(OC)CCC(C)CC1O. The minimum absolute atomic E-state index is 0.490. The van der Waals surface area contributed by atoms with Gasteiger partial charge < -0.3 is 14.6 Å². The molecule has 2 unspecified atom stereocenters. The third-order valence-corrected chi connectivity index (χ3v) is 2.81. The Morgan fingerprint density at radius 3 is 2.33 bits per heavy atom. The molecule has 1 aliphatic carbocycles. The van der Waals surface area contributed by atoms with E-state index in [2.05, 4.69) is 6.92 Å². The molecule has 0 amide bonds. The zero-order valence-corrected chi connectivity index (χ0v) is 8.04. The van der Waals surface area contributed by atoms with Crippen molar-refractivity contribution in [1.82, 2.24) is 0 Å². The summed E-state index contributed by atoms with van der Waals surface area (Å²) >= 11 is 0. The van der Waals surface area contributed by atoms with Crippen molar-refractivity contribution in [2.24, 2.45) is 5.92 Å². The maximum absolute atomic E-state index is 9.74. The largest absolute Gasteiger partial charge is 0.387 e. The number of ether oxygens (including phenoxy) is 2. The molecule has 0 spiro atoms. The van der Waals surface area contributed by atoms with Crippen LogP contribution >= 0.6 is 0 Å². The van der Waals surface area contributed by atoms with Crippen LogP contribution < -0.4 is 0 Å². The minimum atomic E-state index is -0.744. The lowest BCUT2D eigenvalue weighted by Gasteiger charge is -2.40. The first-order chi connectivity index (χ1) is 5.64. The molecule has 1 rings (SSSR count). The van der Waals surface area contributed by atoms with Gasteiger partial charge in [-0.15, -0.1) is 0 Å². The van der Waals surface area contributed by atoms with Crippen LogP contribution in [0.15, 0.2) is 0 Å². The summed E-state index contributed by atoms with van der Waals surface area (Å²) in [6.45, 7) is 2.14. The maximum Gasteiger partial charge on any atom is 0.193 e. The van der Waals surface area contributed by atoms with Gasteiger partial charge in [-0.3, -0.25) is 0 Å². The highest BCUT2D eigenvalue weighted by atomic mass is 16.7. The Hall–Kier alpha value is -0.120. The van der Waals surface area contributed by atoms with Gasteiger partial charge in [-0.1, -0.05) is 6.92 Å². The van der Waals surface area contributed by atoms with Gasteiger partial charge in [0, 0.05) is 20.6 Å². The molecule has 3 heteroatoms. The van der Waals surface area contributed by atoms with Crippen LogP contribution in [-0.4, -0.2) is 31.2 Å². The van der Waals surface area contributed by atoms with E-state index in [0.29, 0.717) is 5.92 Å². The summed E-state index contributed by atoms with van der Waals surface area (Å²) in [5, 5.41) is 9.74. The van der Waals surface area contributed by atoms with Gasteiger partial charge in [-0.25, -0.2) is 0 Å². The van der Waals surface area contributed by atoms with Crippen molar-refractivity contribution in [3.63, 3.8) is 0 Å². The van der Waals surface area contributed by atoms with Crippen molar-refractivity contribution in [3.05, 3.63) is 0 Å². The van der Waals surface area contributed by atoms with Gasteiger partial charge in [0.15, 0.2) is 5.79 Å². The Kier molecular flexibility index (Phi) is 3.09. The van der Waals surface area contributed by atoms with E-state index in [9.17, 15) is 5.11 Å². The highest BCUT2D eigenvalue weighted by Gasteiger charge is 2.42. The van der Waals surface area contributed by atoms with Gasteiger partial charge >= 0.3 is 0 Å². The fraction of sp³-hybridized carbons (Fsp3) is 1.00. The Balaban J connectivity index is 2.64. The topological polar surface area (TPSA) is 38.7 Å². The van der Waals surface area contributed by atoms with Crippen molar-refractivity contribution in [2.45, 2.75) is 38.1 Å². The molecule has 0 aromatic carbocycles. The molecule has 0 aromatic heterocycles. The average Bonchev–Trinajstić information content (AvgIpc) is 2.06. The van der Waals surface area contributed by atoms with Crippen LogP contribution in [0.2, 0.25) is 0 Å². The van der Waals surface area contributed by atoms with E-state index in [0.717, 1.165) is 19.3 Å². The van der Waals surface area contributed by atoms with E-state index < -0.39 is 11.9 Å². The van der Waals surface area contributed by atoms with E-state index in [4.69, 9.17) is 9.47 Å². The molecule has 3 nitrogen and oxygen atoms in total. The quantitative estimate of drug-likeness (QED) is 0.638. The Morgan fingerprint density at radius 2 is 1.92 bits per heavy atom. The summed E-state index contributed by atoms with van der Waals surface area (Å²) in [5.74, 6) is -0.176. The molecule has 0 radical (unpaired) electrons. The molecule has 1 saturated carbocycles. The molecule has 12 heavy (non-hydrogen) atoms. The second-order valence-electron chi connectivity index (χ2n) is 3.62. The van der Waals surface area contributed by atoms with Gasteiger partial charge in [0.05, 0.1) is 0 Å². The smallest absolute Gasteiger partial charge is 0.193 e. The van der Waals surface area contributed by atoms with Gasteiger partial charge in [-0.2, -0.15) is 0 Å². The van der Waals surface area contributed by atoms with Crippen molar-refractivity contribution in [2.75, 3.05) is 14.2 Å². The fourth-order valence-electron chi connectivity index (χ4n) is 1.85. The predicted molar refractivity (Wildman–Crippen MR) is 45.8 cm³/mol. The molecule has 1 aliphatic rings. The van der Waals surface area contributed by atoms with Crippen LogP contribution in [-0.2, 0) is 9.47 Å². The van der Waals surface area contributed by atoms with Crippen LogP contribution in [0.5, 0.6) is 0 Å². The van der Waals surface area contributed by atoms with E-state index >= 15 is 0 Å². The number of aliphatic hydroxyl groups excluding tert-OH is 1. The average molecular weight is 174 g/mol. The number of hydrogen-bond donors (Lipinski definition) is 1. The number of methoxy groups -OCH3 is 2. The second kappa shape index (κ2) is 3.73. The van der Waals surface area contributed by atoms with Crippen LogP contribution in [0.25, 0.3) is 0 Å². The standard InChI is InChI=1S/C9H18O3/c1-7-4-5-9(11-2,12-3)8(10)6-7/h7-8,10H,4-6H2,1-3H3. The first kappa shape index (κ1) is 9.96. The summed E-state index contributed by atoms with van der Waals surface area (Å²) < 4.78 is 10.4. The van der Waals surface area contributed by atoms with Crippen molar-refractivity contribution >= 4 is 0 Å². The summed E-state index contributed by atoms with van der Waals surface area (Å²) in [5.41, 5.74) is 0. The first-order valence-electron chi connectivity index (χ1n) is 4.43. The summed E-state index contributed by atoms with van der Waals surface area (Å²) in [6, 6.07) is 0. The third kappa shape index (κ3) is 1.63. The van der Waals surface area contributed by atoms with Crippen molar-refractivity contribution in [1.29, 1.82) is 0 Å². The molecular formula is C9H18O3. The van der Waals surface area contributed by atoms with Crippen molar-refractivity contribution in [3.8, 4) is 0 Å². The Morgan fingerprint density at radius 1 is 1.33 bits per heavy atom. The molecule has 0 saturated heterocycles. The lowest BCUT2D eigenvalue weighted by Crippen LogP contribution is -2.49. The van der Waals surface area contributed by atoms with E-state index in [1.165, 1.54) is 0 Å². The highest BCUT2D eigenvalue weighted by molar-refractivity contribution is 4.85. The molecule has 2 atom stereocenters. The van der Waals surface area contributed by atoms with Gasteiger partial charge in [0.25, 0.3) is 0 Å². The minimum Gasteiger partial charge on any atom is -0.387 e. The van der Waals surface area contributed by atoms with Gasteiger partial charge in [-0.05, 0) is 18.8 Å². The predicted octanol–water partition coefficient (Wildman–Crippen LogP) is 1.16. The summed E-state index contributed by atoms with van der Waals surface area (Å²) in [7, 11) is 3.17. The lowest BCUT2D eigenvalue weighted by molar-refractivity contribution is -0.276. The molecule has 0 aliphatic heterocycles. The number of rotatable bonds is 2. The zero-order chi connectivity index (χ0) is 9.19. The lowest BCUT2D eigenvalue weighted by atomic mass is 9.84. The molecule has 1 fully saturated rings. The van der Waals surface area contributed by atoms with Crippen LogP contribution in [0, 0.1) is 5.92 Å². The molecule has 72 valence electrons. The normalized spacial score (nSPS) is 35.0. The molecule has 0 aromatic rings. The Labute approximate surface area is 73.7 Å². The van der Waals surface area contributed by atoms with E-state index in [1.807, 2.05) is 0 Å². The van der Waals surface area contributed by atoms with Crippen LogP contribution in [0.4, 0.5) is 0 Å². The maximum atomic E-state index is 9.74. The zero-order valence-electron chi connectivity index (χ0n) is 8.04. The van der Waals surface area contributed by atoms with E-state index in [1.54, 1.807) is 14.2 Å².